The van der Waals surface area contributed by atoms with Crippen molar-refractivity contribution in [3.8, 4) is 0 Å². The van der Waals surface area contributed by atoms with Gasteiger partial charge < -0.3 is 15.2 Å². The van der Waals surface area contributed by atoms with Gasteiger partial charge in [0.2, 0.25) is 5.91 Å². The highest BCUT2D eigenvalue weighted by Crippen LogP contribution is 2.04. The average molecular weight is 197 g/mol. The van der Waals surface area contributed by atoms with E-state index in [4.69, 9.17) is 10.3 Å². The van der Waals surface area contributed by atoms with Crippen LogP contribution in [0.3, 0.4) is 0 Å². The smallest absolute Gasteiger partial charge is 0.239 e. The molecule has 5 heteroatoms. The largest absolute Gasteiger partial charge is 0.361 e. The number of rotatable bonds is 3. The molecule has 0 aliphatic carbocycles. The van der Waals surface area contributed by atoms with E-state index in [1.807, 2.05) is 6.92 Å². The van der Waals surface area contributed by atoms with Crippen LogP contribution in [0.5, 0.6) is 0 Å². The summed E-state index contributed by atoms with van der Waals surface area (Å²) >= 11 is 0. The molecule has 14 heavy (non-hydrogen) atoms. The molecule has 1 aromatic rings. The van der Waals surface area contributed by atoms with Crippen LogP contribution in [-0.4, -0.2) is 29.1 Å². The van der Waals surface area contributed by atoms with E-state index >= 15 is 0 Å². The number of nitrogens with zero attached hydrogens (tertiary/aromatic N) is 2. The summed E-state index contributed by atoms with van der Waals surface area (Å²) in [6.45, 7) is 3.90. The van der Waals surface area contributed by atoms with Crippen molar-refractivity contribution < 1.29 is 9.32 Å². The minimum Gasteiger partial charge on any atom is -0.361 e. The fourth-order valence-electron chi connectivity index (χ4n) is 1.16. The van der Waals surface area contributed by atoms with Crippen LogP contribution in [0.25, 0.3) is 0 Å². The van der Waals surface area contributed by atoms with E-state index in [9.17, 15) is 4.79 Å². The van der Waals surface area contributed by atoms with E-state index in [1.54, 1.807) is 20.0 Å². The molecule has 0 spiro atoms. The first kappa shape index (κ1) is 10.7. The SMILES string of the molecule is Cc1cc(CN(C)C(=O)[C@@H](C)N)no1. The number of likely N-dealkylation sites (N-methyl/N-ethyl adjacent to an activating group) is 1. The number of hydrogen-bond donors (Lipinski definition) is 1. The first-order chi connectivity index (χ1) is 6.50. The summed E-state index contributed by atoms with van der Waals surface area (Å²) in [6, 6.07) is 1.32. The molecule has 0 radical (unpaired) electrons. The van der Waals surface area contributed by atoms with Gasteiger partial charge in [0.05, 0.1) is 12.6 Å². The molecule has 0 aliphatic heterocycles. The number of amides is 1. The highest BCUT2D eigenvalue weighted by molar-refractivity contribution is 5.80. The Morgan fingerprint density at radius 2 is 2.43 bits per heavy atom. The molecule has 5 nitrogen and oxygen atoms in total. The van der Waals surface area contributed by atoms with Crippen molar-refractivity contribution in [1.82, 2.24) is 10.1 Å². The van der Waals surface area contributed by atoms with Crippen LogP contribution in [-0.2, 0) is 11.3 Å². The lowest BCUT2D eigenvalue weighted by Crippen LogP contribution is -2.39. The lowest BCUT2D eigenvalue weighted by molar-refractivity contribution is -0.131. The topological polar surface area (TPSA) is 72.4 Å². The number of nitrogens with two attached hydrogens (primary N) is 1. The Morgan fingerprint density at radius 3 is 2.86 bits per heavy atom. The van der Waals surface area contributed by atoms with E-state index in [2.05, 4.69) is 5.16 Å². The van der Waals surface area contributed by atoms with Crippen LogP contribution in [0.4, 0.5) is 0 Å². The van der Waals surface area contributed by atoms with Crippen LogP contribution >= 0.6 is 0 Å². The molecule has 0 aliphatic rings. The molecule has 2 N–H and O–H groups in total. The van der Waals surface area contributed by atoms with Crippen molar-refractivity contribution in [2.75, 3.05) is 7.05 Å². The summed E-state index contributed by atoms with van der Waals surface area (Å²) in [5.41, 5.74) is 6.20. The Morgan fingerprint density at radius 1 is 1.79 bits per heavy atom. The molecule has 0 unspecified atom stereocenters. The van der Waals surface area contributed by atoms with Crippen molar-refractivity contribution in [3.63, 3.8) is 0 Å². The fourth-order valence-corrected chi connectivity index (χ4v) is 1.16. The predicted octanol–water partition coefficient (Wildman–Crippen LogP) is 0.289. The van der Waals surface area contributed by atoms with Crippen LogP contribution in [0.2, 0.25) is 0 Å². The second-order valence-electron chi connectivity index (χ2n) is 3.41. The number of carbonyl (C=O) groups excluding carboxylic acids is 1. The van der Waals surface area contributed by atoms with Gasteiger partial charge in [-0.15, -0.1) is 0 Å². The molecule has 0 bridgehead atoms. The van der Waals surface area contributed by atoms with Gasteiger partial charge in [-0.25, -0.2) is 0 Å². The maximum Gasteiger partial charge on any atom is 0.239 e. The molecule has 1 rings (SSSR count). The second kappa shape index (κ2) is 4.23. The van der Waals surface area contributed by atoms with Crippen molar-refractivity contribution in [3.05, 3.63) is 17.5 Å². The van der Waals surface area contributed by atoms with Gasteiger partial charge in [-0.3, -0.25) is 4.79 Å². The Kier molecular flexibility index (Phi) is 3.24. The van der Waals surface area contributed by atoms with E-state index in [-0.39, 0.29) is 5.91 Å². The molecular formula is C9H15N3O2. The molecule has 0 saturated heterocycles. The van der Waals surface area contributed by atoms with Gasteiger partial charge in [0, 0.05) is 13.1 Å². The second-order valence-corrected chi connectivity index (χ2v) is 3.41. The number of hydrogen-bond acceptors (Lipinski definition) is 4. The van der Waals surface area contributed by atoms with Crippen LogP contribution in [0.1, 0.15) is 18.4 Å². The molecule has 78 valence electrons. The molecule has 1 amide bonds. The first-order valence-electron chi connectivity index (χ1n) is 4.43. The van der Waals surface area contributed by atoms with Gasteiger partial charge in [-0.2, -0.15) is 0 Å². The number of aryl methyl sites for hydroxylation is 1. The van der Waals surface area contributed by atoms with E-state index in [1.165, 1.54) is 4.90 Å². The van der Waals surface area contributed by atoms with Gasteiger partial charge in [-0.05, 0) is 13.8 Å². The minimum absolute atomic E-state index is 0.106. The number of carbonyl (C=O) groups is 1. The lowest BCUT2D eigenvalue weighted by Gasteiger charge is -2.17. The highest BCUT2D eigenvalue weighted by atomic mass is 16.5. The zero-order valence-electron chi connectivity index (χ0n) is 8.65. The zero-order valence-corrected chi connectivity index (χ0v) is 8.65. The lowest BCUT2D eigenvalue weighted by atomic mass is 10.3. The van der Waals surface area contributed by atoms with Crippen molar-refractivity contribution >= 4 is 5.91 Å². The van der Waals surface area contributed by atoms with E-state index in [0.717, 1.165) is 11.5 Å². The Balaban J connectivity index is 2.57. The molecule has 1 aromatic heterocycles. The first-order valence-corrected chi connectivity index (χ1v) is 4.43. The standard InChI is InChI=1S/C9H15N3O2/c1-6-4-8(11-14-6)5-12(3)9(13)7(2)10/h4,7H,5,10H2,1-3H3/t7-/m1/s1. The summed E-state index contributed by atoms with van der Waals surface area (Å²) in [5, 5.41) is 3.79. The molecular weight excluding hydrogens is 182 g/mol. The van der Waals surface area contributed by atoms with Crippen molar-refractivity contribution in [2.24, 2.45) is 5.73 Å². The third-order valence-corrected chi connectivity index (χ3v) is 1.84. The maximum absolute atomic E-state index is 11.4. The van der Waals surface area contributed by atoms with Gasteiger partial charge in [0.25, 0.3) is 0 Å². The van der Waals surface area contributed by atoms with E-state index < -0.39 is 6.04 Å². The normalized spacial score (nSPS) is 12.6. The highest BCUT2D eigenvalue weighted by Gasteiger charge is 2.14. The van der Waals surface area contributed by atoms with Crippen LogP contribution < -0.4 is 5.73 Å². The van der Waals surface area contributed by atoms with Gasteiger partial charge in [0.15, 0.2) is 0 Å². The Labute approximate surface area is 82.8 Å². The summed E-state index contributed by atoms with van der Waals surface area (Å²) < 4.78 is 4.89. The maximum atomic E-state index is 11.4. The minimum atomic E-state index is -0.479. The molecule has 0 saturated carbocycles. The van der Waals surface area contributed by atoms with E-state index in [0.29, 0.717) is 6.54 Å². The van der Waals surface area contributed by atoms with Gasteiger partial charge >= 0.3 is 0 Å². The summed E-state index contributed by atoms with van der Waals surface area (Å²) in [5.74, 6) is 0.632. The predicted molar refractivity (Wildman–Crippen MR) is 51.4 cm³/mol. The Hall–Kier alpha value is -1.36. The molecule has 1 heterocycles. The summed E-state index contributed by atoms with van der Waals surface area (Å²) in [4.78, 5) is 12.9. The van der Waals surface area contributed by atoms with Crippen molar-refractivity contribution in [1.29, 1.82) is 0 Å². The Bertz CT molecular complexity index is 320. The van der Waals surface area contributed by atoms with Crippen LogP contribution in [0, 0.1) is 6.92 Å². The fraction of sp³-hybridized carbons (Fsp3) is 0.556. The van der Waals surface area contributed by atoms with Gasteiger partial charge in [-0.1, -0.05) is 5.16 Å². The average Bonchev–Trinajstić information content (AvgIpc) is 2.49. The van der Waals surface area contributed by atoms with Crippen molar-refractivity contribution in [2.45, 2.75) is 26.4 Å². The monoisotopic (exact) mass is 197 g/mol. The quantitative estimate of drug-likeness (QED) is 0.755. The molecule has 0 fully saturated rings. The third kappa shape index (κ3) is 2.56. The summed E-state index contributed by atoms with van der Waals surface area (Å²) in [7, 11) is 1.69. The number of aromatic nitrogens is 1. The summed E-state index contributed by atoms with van der Waals surface area (Å²) in [6.07, 6.45) is 0. The zero-order chi connectivity index (χ0) is 10.7. The molecule has 0 aromatic carbocycles. The van der Waals surface area contributed by atoms with Gasteiger partial charge in [0.1, 0.15) is 11.5 Å². The molecule has 1 atom stereocenters. The third-order valence-electron chi connectivity index (χ3n) is 1.84. The van der Waals surface area contributed by atoms with Crippen LogP contribution in [0.15, 0.2) is 10.6 Å².